The lowest BCUT2D eigenvalue weighted by atomic mass is 10.2. The first kappa shape index (κ1) is 23.6. The number of hydrogen-bond acceptors (Lipinski definition) is 6. The van der Waals surface area contributed by atoms with Crippen LogP contribution in [0.2, 0.25) is 0 Å². The summed E-state index contributed by atoms with van der Waals surface area (Å²) in [6.45, 7) is 3.19. The topological polar surface area (TPSA) is 90.5 Å². The first-order valence-electron chi connectivity index (χ1n) is 12.1. The highest BCUT2D eigenvalue weighted by Gasteiger charge is 2.33. The molecule has 2 aromatic rings. The molecule has 0 spiro atoms. The van der Waals surface area contributed by atoms with Crippen LogP contribution in [0.5, 0.6) is 5.75 Å². The van der Waals surface area contributed by atoms with Gasteiger partial charge in [-0.1, -0.05) is 24.6 Å². The molecule has 0 unspecified atom stereocenters. The van der Waals surface area contributed by atoms with Gasteiger partial charge >= 0.3 is 0 Å². The summed E-state index contributed by atoms with van der Waals surface area (Å²) in [7, 11) is -3.68. The van der Waals surface area contributed by atoms with Gasteiger partial charge in [0.05, 0.1) is 10.6 Å². The zero-order valence-corrected chi connectivity index (χ0v) is 20.5. The van der Waals surface area contributed by atoms with E-state index in [9.17, 15) is 18.0 Å². The average Bonchev–Trinajstić information content (AvgIpc) is 2.91. The predicted molar refractivity (Wildman–Crippen MR) is 132 cm³/mol. The number of carbonyl (C=O) groups is 2. The molecule has 35 heavy (non-hydrogen) atoms. The van der Waals surface area contributed by atoms with E-state index < -0.39 is 10.0 Å². The fourth-order valence-corrected chi connectivity index (χ4v) is 6.40. The van der Waals surface area contributed by atoms with Crippen molar-refractivity contribution >= 4 is 33.2 Å². The molecule has 2 aromatic carbocycles. The lowest BCUT2D eigenvalue weighted by Crippen LogP contribution is -2.53. The van der Waals surface area contributed by atoms with Crippen LogP contribution in [-0.2, 0) is 19.6 Å². The van der Waals surface area contributed by atoms with Gasteiger partial charge in [-0.05, 0) is 43.2 Å². The number of piperidine rings is 1. The number of sulfonamides is 1. The fraction of sp³-hybridized carbons (Fsp3) is 0.440. The molecule has 0 atom stereocenters. The summed E-state index contributed by atoms with van der Waals surface area (Å²) in [4.78, 5) is 31.3. The molecule has 2 saturated heterocycles. The number of amides is 2. The Morgan fingerprint density at radius 2 is 1.60 bits per heavy atom. The van der Waals surface area contributed by atoms with Crippen LogP contribution in [0.3, 0.4) is 0 Å². The Hall–Kier alpha value is -3.11. The average molecular weight is 499 g/mol. The Kier molecular flexibility index (Phi) is 6.66. The number of anilines is 2. The van der Waals surface area contributed by atoms with Gasteiger partial charge in [-0.3, -0.25) is 14.5 Å². The van der Waals surface area contributed by atoms with Gasteiger partial charge in [0, 0.05) is 45.0 Å². The van der Waals surface area contributed by atoms with Gasteiger partial charge < -0.3 is 14.5 Å². The third-order valence-electron chi connectivity index (χ3n) is 6.87. The number of para-hydroxylation sites is 1. The van der Waals surface area contributed by atoms with Crippen molar-refractivity contribution in [1.29, 1.82) is 0 Å². The highest BCUT2D eigenvalue weighted by molar-refractivity contribution is 7.89. The number of rotatable bonds is 5. The number of fused-ring (bicyclic) bond motifs is 1. The van der Waals surface area contributed by atoms with E-state index in [2.05, 4.69) is 17.0 Å². The second-order valence-corrected chi connectivity index (χ2v) is 11.0. The zero-order valence-electron chi connectivity index (χ0n) is 19.6. The van der Waals surface area contributed by atoms with E-state index in [-0.39, 0.29) is 29.9 Å². The maximum absolute atomic E-state index is 13.2. The van der Waals surface area contributed by atoms with E-state index in [0.29, 0.717) is 50.7 Å². The Labute approximate surface area is 205 Å². The van der Waals surface area contributed by atoms with Crippen molar-refractivity contribution in [3.05, 3.63) is 48.5 Å². The summed E-state index contributed by atoms with van der Waals surface area (Å²) in [5.74, 6) is -0.117. The predicted octanol–water partition coefficient (Wildman–Crippen LogP) is 1.94. The molecular weight excluding hydrogens is 468 g/mol. The molecule has 2 fully saturated rings. The van der Waals surface area contributed by atoms with E-state index in [1.165, 1.54) is 21.3 Å². The number of benzene rings is 2. The van der Waals surface area contributed by atoms with Gasteiger partial charge in [0.2, 0.25) is 15.9 Å². The second-order valence-electron chi connectivity index (χ2n) is 9.07. The van der Waals surface area contributed by atoms with Crippen LogP contribution in [0, 0.1) is 0 Å². The Morgan fingerprint density at radius 1 is 0.886 bits per heavy atom. The van der Waals surface area contributed by atoms with Crippen LogP contribution in [0.15, 0.2) is 53.4 Å². The normalized spacial score (nSPS) is 19.3. The molecule has 0 aromatic heterocycles. The molecule has 0 aliphatic carbocycles. The summed E-state index contributed by atoms with van der Waals surface area (Å²) >= 11 is 0. The molecule has 5 rings (SSSR count). The minimum absolute atomic E-state index is 0.116. The standard InChI is InChI=1S/C25H30N4O5S/c30-24(27-15-13-26(14-16-27)20-7-3-1-4-8-20)18-29-22-17-21(9-10-23(22)34-19-25(29)31)35(32,33)28-11-5-2-6-12-28/h1,3-4,7-10,17H,2,5-6,11-16,18-19H2. The van der Waals surface area contributed by atoms with Crippen LogP contribution in [0.4, 0.5) is 11.4 Å². The largest absolute Gasteiger partial charge is 0.482 e. The van der Waals surface area contributed by atoms with Gasteiger partial charge in [-0.25, -0.2) is 8.42 Å². The molecular formula is C25H30N4O5S. The van der Waals surface area contributed by atoms with Gasteiger partial charge in [-0.2, -0.15) is 4.31 Å². The molecule has 3 aliphatic rings. The van der Waals surface area contributed by atoms with Gasteiger partial charge in [0.1, 0.15) is 12.3 Å². The quantitative estimate of drug-likeness (QED) is 0.626. The van der Waals surface area contributed by atoms with Crippen LogP contribution in [0.25, 0.3) is 0 Å². The minimum atomic E-state index is -3.68. The Balaban J connectivity index is 1.31. The van der Waals surface area contributed by atoms with Crippen LogP contribution < -0.4 is 14.5 Å². The van der Waals surface area contributed by atoms with E-state index in [1.807, 2.05) is 18.2 Å². The van der Waals surface area contributed by atoms with Crippen molar-refractivity contribution in [2.24, 2.45) is 0 Å². The molecule has 3 aliphatic heterocycles. The third-order valence-corrected chi connectivity index (χ3v) is 8.77. The number of piperazine rings is 1. The molecule has 2 amide bonds. The number of nitrogens with zero attached hydrogens (tertiary/aromatic N) is 4. The maximum Gasteiger partial charge on any atom is 0.265 e. The van der Waals surface area contributed by atoms with E-state index in [0.717, 1.165) is 24.9 Å². The number of ether oxygens (including phenoxy) is 1. The third kappa shape index (κ3) is 4.85. The molecule has 3 heterocycles. The summed E-state index contributed by atoms with van der Waals surface area (Å²) in [6.07, 6.45) is 2.70. The van der Waals surface area contributed by atoms with Crippen molar-refractivity contribution in [1.82, 2.24) is 9.21 Å². The van der Waals surface area contributed by atoms with Gasteiger partial charge in [0.25, 0.3) is 5.91 Å². The van der Waals surface area contributed by atoms with Crippen molar-refractivity contribution < 1.29 is 22.7 Å². The zero-order chi connectivity index (χ0) is 24.4. The maximum atomic E-state index is 13.2. The van der Waals surface area contributed by atoms with Crippen molar-refractivity contribution in [2.75, 3.05) is 62.2 Å². The lowest BCUT2D eigenvalue weighted by Gasteiger charge is -2.37. The van der Waals surface area contributed by atoms with Crippen molar-refractivity contribution in [3.63, 3.8) is 0 Å². The van der Waals surface area contributed by atoms with Gasteiger partial charge in [0.15, 0.2) is 6.61 Å². The molecule has 0 bridgehead atoms. The first-order valence-corrected chi connectivity index (χ1v) is 13.5. The lowest BCUT2D eigenvalue weighted by molar-refractivity contribution is -0.132. The van der Waals surface area contributed by atoms with Crippen molar-refractivity contribution in [3.8, 4) is 5.75 Å². The molecule has 0 saturated carbocycles. The molecule has 10 heteroatoms. The summed E-state index contributed by atoms with van der Waals surface area (Å²) < 4.78 is 33.4. The highest BCUT2D eigenvalue weighted by Crippen LogP contribution is 2.35. The van der Waals surface area contributed by atoms with E-state index in [1.54, 1.807) is 11.0 Å². The fourth-order valence-electron chi connectivity index (χ4n) is 4.86. The van der Waals surface area contributed by atoms with Crippen molar-refractivity contribution in [2.45, 2.75) is 24.2 Å². The Morgan fingerprint density at radius 3 is 2.31 bits per heavy atom. The second kappa shape index (κ2) is 9.87. The van der Waals surface area contributed by atoms with E-state index >= 15 is 0 Å². The molecule has 186 valence electrons. The first-order chi connectivity index (χ1) is 16.9. The van der Waals surface area contributed by atoms with Crippen LogP contribution >= 0.6 is 0 Å². The Bertz CT molecular complexity index is 1190. The van der Waals surface area contributed by atoms with Crippen LogP contribution in [-0.4, -0.2) is 81.9 Å². The van der Waals surface area contributed by atoms with Crippen LogP contribution in [0.1, 0.15) is 19.3 Å². The molecule has 0 radical (unpaired) electrons. The SMILES string of the molecule is O=C(CN1C(=O)COc2ccc(S(=O)(=O)N3CCCCC3)cc21)N1CCN(c2ccccc2)CC1. The van der Waals surface area contributed by atoms with E-state index in [4.69, 9.17) is 4.74 Å². The summed E-state index contributed by atoms with van der Waals surface area (Å²) in [5, 5.41) is 0. The summed E-state index contributed by atoms with van der Waals surface area (Å²) in [5.41, 5.74) is 1.45. The number of hydrogen-bond donors (Lipinski definition) is 0. The number of carbonyl (C=O) groups excluding carboxylic acids is 2. The van der Waals surface area contributed by atoms with Gasteiger partial charge in [-0.15, -0.1) is 0 Å². The summed E-state index contributed by atoms with van der Waals surface area (Å²) in [6, 6.07) is 14.6. The highest BCUT2D eigenvalue weighted by atomic mass is 32.2. The molecule has 0 N–H and O–H groups in total. The monoisotopic (exact) mass is 498 g/mol. The smallest absolute Gasteiger partial charge is 0.265 e. The molecule has 9 nitrogen and oxygen atoms in total. The minimum Gasteiger partial charge on any atom is -0.482 e.